The Morgan fingerprint density at radius 3 is 1.54 bits per heavy atom. The van der Waals surface area contributed by atoms with Crippen LogP contribution >= 0.6 is 0 Å². The molecule has 0 amide bonds. The smallest absolute Gasteiger partial charge is 0.308 e. The second-order valence-corrected chi connectivity index (χ2v) is 6.66. The van der Waals surface area contributed by atoms with Crippen LogP contribution in [0.1, 0.15) is 111 Å². The molecule has 0 fully saturated rings. The third-order valence-corrected chi connectivity index (χ3v) is 4.11. The minimum Gasteiger partial charge on any atom is -0.426 e. The van der Waals surface area contributed by atoms with Crippen LogP contribution in [0.5, 0.6) is 0 Å². The number of carbonyl (C=O) groups excluding carboxylic acids is 2. The van der Waals surface area contributed by atoms with Crippen molar-refractivity contribution < 1.29 is 19.1 Å². The van der Waals surface area contributed by atoms with Gasteiger partial charge in [-0.2, -0.15) is 0 Å². The molecule has 0 spiro atoms. The first kappa shape index (κ1) is 22.9. The van der Waals surface area contributed by atoms with Crippen molar-refractivity contribution in [3.05, 3.63) is 0 Å². The molecule has 0 aliphatic carbocycles. The summed E-state index contributed by atoms with van der Waals surface area (Å²) < 4.78 is 9.74. The van der Waals surface area contributed by atoms with Gasteiger partial charge in [-0.3, -0.25) is 9.59 Å². The predicted molar refractivity (Wildman–Crippen MR) is 97.6 cm³/mol. The quantitative estimate of drug-likeness (QED) is 0.198. The summed E-state index contributed by atoms with van der Waals surface area (Å²) in [6, 6.07) is 0. The van der Waals surface area contributed by atoms with Gasteiger partial charge < -0.3 is 9.47 Å². The molecule has 142 valence electrons. The molecule has 24 heavy (non-hydrogen) atoms. The molecule has 4 nitrogen and oxygen atoms in total. The molecule has 1 unspecified atom stereocenters. The predicted octanol–water partition coefficient (Wildman–Crippen LogP) is 5.92. The van der Waals surface area contributed by atoms with Crippen molar-refractivity contribution in [3.63, 3.8) is 0 Å². The van der Waals surface area contributed by atoms with E-state index in [9.17, 15) is 9.59 Å². The molecule has 0 aliphatic rings. The van der Waals surface area contributed by atoms with E-state index >= 15 is 0 Å². The summed E-state index contributed by atoms with van der Waals surface area (Å²) in [7, 11) is 0. The summed E-state index contributed by atoms with van der Waals surface area (Å²) >= 11 is 0. The highest BCUT2D eigenvalue weighted by molar-refractivity contribution is 5.70. The van der Waals surface area contributed by atoms with E-state index < -0.39 is 12.3 Å². The fourth-order valence-corrected chi connectivity index (χ4v) is 2.79. The zero-order valence-electron chi connectivity index (χ0n) is 16.1. The largest absolute Gasteiger partial charge is 0.426 e. The van der Waals surface area contributed by atoms with Gasteiger partial charge >= 0.3 is 11.9 Å². The molecule has 0 aromatic heterocycles. The lowest BCUT2D eigenvalue weighted by atomic mass is 10.0. The Kier molecular flexibility index (Phi) is 16.0. The van der Waals surface area contributed by atoms with Crippen molar-refractivity contribution in [2.45, 2.75) is 117 Å². The van der Waals surface area contributed by atoms with Crippen molar-refractivity contribution in [2.75, 3.05) is 0 Å². The normalized spacial score (nSPS) is 12.0. The molecule has 4 heteroatoms. The van der Waals surface area contributed by atoms with Crippen LogP contribution < -0.4 is 0 Å². The van der Waals surface area contributed by atoms with Gasteiger partial charge in [-0.15, -0.1) is 0 Å². The summed E-state index contributed by atoms with van der Waals surface area (Å²) in [5.41, 5.74) is 0. The SMILES string of the molecule is CCCCCCCCCCCCCCCC(=O)OC(C)OC(C)=O. The first-order valence-corrected chi connectivity index (χ1v) is 9.93. The molecule has 0 aromatic rings. The highest BCUT2D eigenvalue weighted by atomic mass is 16.7. The number of hydrogen-bond donors (Lipinski definition) is 0. The molecule has 0 aromatic carbocycles. The molecule has 0 heterocycles. The Hall–Kier alpha value is -1.06. The zero-order valence-corrected chi connectivity index (χ0v) is 16.1. The van der Waals surface area contributed by atoms with E-state index in [2.05, 4.69) is 6.92 Å². The van der Waals surface area contributed by atoms with Crippen LogP contribution in [0.25, 0.3) is 0 Å². The summed E-state index contributed by atoms with van der Waals surface area (Å²) in [4.78, 5) is 22.2. The summed E-state index contributed by atoms with van der Waals surface area (Å²) in [5.74, 6) is -0.719. The number of hydrogen-bond acceptors (Lipinski definition) is 4. The molecule has 0 aliphatic heterocycles. The van der Waals surface area contributed by atoms with Crippen LogP contribution in [0, 0.1) is 0 Å². The van der Waals surface area contributed by atoms with E-state index in [0.29, 0.717) is 6.42 Å². The topological polar surface area (TPSA) is 52.6 Å². The van der Waals surface area contributed by atoms with Crippen molar-refractivity contribution in [1.82, 2.24) is 0 Å². The molecule has 0 radical (unpaired) electrons. The third kappa shape index (κ3) is 17.3. The second-order valence-electron chi connectivity index (χ2n) is 6.66. The molecule has 0 saturated carbocycles. The highest BCUT2D eigenvalue weighted by Crippen LogP contribution is 2.13. The van der Waals surface area contributed by atoms with Gasteiger partial charge in [0, 0.05) is 20.3 Å². The Morgan fingerprint density at radius 1 is 0.708 bits per heavy atom. The summed E-state index contributed by atoms with van der Waals surface area (Å²) in [5, 5.41) is 0. The van der Waals surface area contributed by atoms with Gasteiger partial charge in [0.25, 0.3) is 0 Å². The molecule has 0 bridgehead atoms. The maximum atomic E-state index is 11.5. The first-order valence-electron chi connectivity index (χ1n) is 9.93. The Labute approximate surface area is 148 Å². The van der Waals surface area contributed by atoms with Crippen LogP contribution in [-0.2, 0) is 19.1 Å². The lowest BCUT2D eigenvalue weighted by molar-refractivity contribution is -0.182. The van der Waals surface area contributed by atoms with E-state index in [1.165, 1.54) is 77.6 Å². The van der Waals surface area contributed by atoms with Gasteiger partial charge in [-0.25, -0.2) is 0 Å². The summed E-state index contributed by atoms with van der Waals surface area (Å²) in [6.45, 7) is 5.12. The fourth-order valence-electron chi connectivity index (χ4n) is 2.79. The average molecular weight is 343 g/mol. The maximum Gasteiger partial charge on any atom is 0.308 e. The molecule has 0 rings (SSSR count). The molecule has 0 N–H and O–H groups in total. The zero-order chi connectivity index (χ0) is 18.0. The van der Waals surface area contributed by atoms with Gasteiger partial charge in [0.05, 0.1) is 0 Å². The van der Waals surface area contributed by atoms with Gasteiger partial charge in [0.1, 0.15) is 0 Å². The van der Waals surface area contributed by atoms with Gasteiger partial charge in [-0.1, -0.05) is 84.0 Å². The summed E-state index contributed by atoms with van der Waals surface area (Å²) in [6.07, 6.45) is 16.3. The van der Waals surface area contributed by atoms with Crippen molar-refractivity contribution in [1.29, 1.82) is 0 Å². The van der Waals surface area contributed by atoms with E-state index in [0.717, 1.165) is 12.8 Å². The van der Waals surface area contributed by atoms with E-state index in [1.54, 1.807) is 6.92 Å². The molecular formula is C20H38O4. The molecule has 0 saturated heterocycles. The van der Waals surface area contributed by atoms with Crippen LogP contribution in [0.15, 0.2) is 0 Å². The van der Waals surface area contributed by atoms with E-state index in [1.807, 2.05) is 0 Å². The monoisotopic (exact) mass is 342 g/mol. The Balaban J connectivity index is 3.24. The van der Waals surface area contributed by atoms with Crippen LogP contribution in [-0.4, -0.2) is 18.2 Å². The average Bonchev–Trinajstić information content (AvgIpc) is 2.51. The van der Waals surface area contributed by atoms with Gasteiger partial charge in [-0.05, 0) is 6.42 Å². The van der Waals surface area contributed by atoms with E-state index in [-0.39, 0.29) is 5.97 Å². The van der Waals surface area contributed by atoms with Crippen LogP contribution in [0.2, 0.25) is 0 Å². The van der Waals surface area contributed by atoms with Crippen molar-refractivity contribution in [2.24, 2.45) is 0 Å². The minimum absolute atomic E-state index is 0.285. The molecular weight excluding hydrogens is 304 g/mol. The first-order chi connectivity index (χ1) is 11.6. The van der Waals surface area contributed by atoms with Crippen molar-refractivity contribution >= 4 is 11.9 Å². The van der Waals surface area contributed by atoms with Crippen LogP contribution in [0.4, 0.5) is 0 Å². The van der Waals surface area contributed by atoms with Gasteiger partial charge in [0.15, 0.2) is 0 Å². The maximum absolute atomic E-state index is 11.5. The Morgan fingerprint density at radius 2 is 1.12 bits per heavy atom. The second kappa shape index (κ2) is 16.8. The third-order valence-electron chi connectivity index (χ3n) is 4.11. The van der Waals surface area contributed by atoms with E-state index in [4.69, 9.17) is 9.47 Å². The van der Waals surface area contributed by atoms with Crippen LogP contribution in [0.3, 0.4) is 0 Å². The number of rotatable bonds is 16. The number of ether oxygens (including phenoxy) is 2. The number of carbonyl (C=O) groups is 2. The lowest BCUT2D eigenvalue weighted by Crippen LogP contribution is -2.20. The fraction of sp³-hybridized carbons (Fsp3) is 0.900. The van der Waals surface area contributed by atoms with Crippen molar-refractivity contribution in [3.8, 4) is 0 Å². The van der Waals surface area contributed by atoms with Gasteiger partial charge in [0.2, 0.25) is 6.29 Å². The lowest BCUT2D eigenvalue weighted by Gasteiger charge is -2.12. The Bertz CT molecular complexity index is 315. The minimum atomic E-state index is -0.781. The number of esters is 2. The standard InChI is InChI=1S/C20H38O4/c1-4-5-6-7-8-9-10-11-12-13-14-15-16-17-20(22)24-19(3)23-18(2)21/h19H,4-17H2,1-3H3. The number of unbranched alkanes of at least 4 members (excludes halogenated alkanes) is 12. The molecule has 1 atom stereocenters. The highest BCUT2D eigenvalue weighted by Gasteiger charge is 2.11.